The van der Waals surface area contributed by atoms with Gasteiger partial charge in [-0.1, -0.05) is 11.6 Å². The van der Waals surface area contributed by atoms with Gasteiger partial charge in [0.15, 0.2) is 0 Å². The van der Waals surface area contributed by atoms with Gasteiger partial charge in [0.1, 0.15) is 0 Å². The molecule has 0 bridgehead atoms. The van der Waals surface area contributed by atoms with E-state index in [2.05, 4.69) is 19.9 Å². The highest BCUT2D eigenvalue weighted by Crippen LogP contribution is 2.03. The van der Waals surface area contributed by atoms with Crippen molar-refractivity contribution >= 4 is 11.8 Å². The summed E-state index contributed by atoms with van der Waals surface area (Å²) in [7, 11) is 0. The zero-order valence-electron chi connectivity index (χ0n) is 6.76. The molecule has 0 aromatic carbocycles. The van der Waals surface area contributed by atoms with Crippen LogP contribution in [0.4, 0.5) is 0 Å². The van der Waals surface area contributed by atoms with Gasteiger partial charge < -0.3 is 5.11 Å². The van der Waals surface area contributed by atoms with Crippen LogP contribution >= 0.6 is 11.8 Å². The number of thioether (sulfide) groups is 1. The van der Waals surface area contributed by atoms with Crippen molar-refractivity contribution in [2.75, 3.05) is 18.1 Å². The van der Waals surface area contributed by atoms with Gasteiger partial charge in [0, 0.05) is 12.4 Å². The topological polar surface area (TPSA) is 20.2 Å². The third kappa shape index (κ3) is 8.05. The molecule has 0 unspecified atom stereocenters. The lowest BCUT2D eigenvalue weighted by molar-refractivity contribution is 0.296. The van der Waals surface area contributed by atoms with E-state index in [1.54, 1.807) is 0 Å². The van der Waals surface area contributed by atoms with Crippen molar-refractivity contribution in [1.29, 1.82) is 0 Å². The van der Waals surface area contributed by atoms with Crippen LogP contribution in [0.3, 0.4) is 0 Å². The first-order valence-corrected chi connectivity index (χ1v) is 4.75. The normalized spacial score (nSPS) is 9.50. The van der Waals surface area contributed by atoms with Crippen LogP contribution in [0, 0.1) is 0 Å². The van der Waals surface area contributed by atoms with Crippen LogP contribution in [0.1, 0.15) is 20.3 Å². The van der Waals surface area contributed by atoms with Crippen LogP contribution < -0.4 is 0 Å². The van der Waals surface area contributed by atoms with E-state index in [0.717, 1.165) is 17.9 Å². The van der Waals surface area contributed by atoms with Crippen molar-refractivity contribution < 1.29 is 5.11 Å². The highest BCUT2D eigenvalue weighted by atomic mass is 32.2. The zero-order valence-corrected chi connectivity index (χ0v) is 7.58. The van der Waals surface area contributed by atoms with Gasteiger partial charge in [-0.05, 0) is 26.0 Å². The summed E-state index contributed by atoms with van der Waals surface area (Å²) in [5.74, 6) is 2.16. The average molecular weight is 160 g/mol. The first-order valence-electron chi connectivity index (χ1n) is 3.59. The third-order valence-electron chi connectivity index (χ3n) is 1.06. The first-order chi connectivity index (χ1) is 4.77. The number of hydrogen-bond donors (Lipinski definition) is 1. The predicted octanol–water partition coefficient (Wildman–Crippen LogP) is 2.07. The van der Waals surface area contributed by atoms with Gasteiger partial charge in [0.25, 0.3) is 0 Å². The molecule has 0 saturated heterocycles. The Bertz CT molecular complexity index is 95.4. The molecule has 1 nitrogen and oxygen atoms in total. The molecule has 0 amide bonds. The minimum Gasteiger partial charge on any atom is -0.396 e. The number of hydrogen-bond acceptors (Lipinski definition) is 2. The van der Waals surface area contributed by atoms with Gasteiger partial charge in [0.2, 0.25) is 0 Å². The molecular formula is C8H16OS. The fourth-order valence-corrected chi connectivity index (χ4v) is 1.43. The van der Waals surface area contributed by atoms with Crippen LogP contribution in [0.2, 0.25) is 0 Å². The molecule has 0 atom stereocenters. The molecule has 2 heteroatoms. The van der Waals surface area contributed by atoms with E-state index in [-0.39, 0.29) is 0 Å². The van der Waals surface area contributed by atoms with Crippen LogP contribution in [0.5, 0.6) is 0 Å². The number of aliphatic hydroxyl groups is 1. The second-order valence-corrected chi connectivity index (χ2v) is 3.58. The van der Waals surface area contributed by atoms with Crippen molar-refractivity contribution in [3.63, 3.8) is 0 Å². The van der Waals surface area contributed by atoms with E-state index >= 15 is 0 Å². The van der Waals surface area contributed by atoms with Gasteiger partial charge in [-0.15, -0.1) is 0 Å². The Kier molecular flexibility index (Phi) is 7.20. The van der Waals surface area contributed by atoms with E-state index in [1.165, 1.54) is 5.57 Å². The van der Waals surface area contributed by atoms with E-state index in [1.807, 2.05) is 11.8 Å². The van der Waals surface area contributed by atoms with Crippen LogP contribution in [0.15, 0.2) is 11.6 Å². The minimum atomic E-state index is 0.321. The lowest BCUT2D eigenvalue weighted by Crippen LogP contribution is -1.86. The molecule has 0 saturated carbocycles. The maximum atomic E-state index is 8.45. The monoisotopic (exact) mass is 160 g/mol. The maximum absolute atomic E-state index is 8.45. The standard InChI is InChI=1S/C8H16OS/c1-8(2)4-7-10-6-3-5-9/h4,9H,3,5-7H2,1-2H3. The first kappa shape index (κ1) is 10.0. The molecule has 0 heterocycles. The van der Waals surface area contributed by atoms with Crippen LogP contribution in [-0.2, 0) is 0 Å². The molecule has 0 spiro atoms. The fourth-order valence-electron chi connectivity index (χ4n) is 0.476. The van der Waals surface area contributed by atoms with E-state index in [9.17, 15) is 0 Å². The summed E-state index contributed by atoms with van der Waals surface area (Å²) >= 11 is 1.87. The fraction of sp³-hybridized carbons (Fsp3) is 0.750. The molecule has 0 aliphatic rings. The second-order valence-electron chi connectivity index (χ2n) is 2.43. The summed E-state index contributed by atoms with van der Waals surface area (Å²) in [6, 6.07) is 0. The van der Waals surface area contributed by atoms with Gasteiger partial charge in [0.05, 0.1) is 0 Å². The molecule has 0 aliphatic carbocycles. The SMILES string of the molecule is CC(C)=CCSCCCO. The molecule has 0 fully saturated rings. The Hall–Kier alpha value is 0.0500. The smallest absolute Gasteiger partial charge is 0.0438 e. The molecule has 0 aromatic rings. The highest BCUT2D eigenvalue weighted by Gasteiger charge is 1.84. The van der Waals surface area contributed by atoms with E-state index in [0.29, 0.717) is 6.61 Å². The number of allylic oxidation sites excluding steroid dienone is 1. The molecule has 0 rings (SSSR count). The Balaban J connectivity index is 2.98. The lowest BCUT2D eigenvalue weighted by atomic mass is 10.3. The molecule has 0 radical (unpaired) electrons. The maximum Gasteiger partial charge on any atom is 0.0438 e. The number of aliphatic hydroxyl groups excluding tert-OH is 1. The van der Waals surface area contributed by atoms with Gasteiger partial charge >= 0.3 is 0 Å². The zero-order chi connectivity index (χ0) is 7.82. The van der Waals surface area contributed by atoms with E-state index in [4.69, 9.17) is 5.11 Å². The molecule has 1 N–H and O–H groups in total. The third-order valence-corrected chi connectivity index (χ3v) is 2.04. The van der Waals surface area contributed by atoms with Crippen molar-refractivity contribution in [1.82, 2.24) is 0 Å². The van der Waals surface area contributed by atoms with Crippen molar-refractivity contribution in [3.8, 4) is 0 Å². The van der Waals surface area contributed by atoms with Gasteiger partial charge in [-0.25, -0.2) is 0 Å². The number of rotatable bonds is 5. The van der Waals surface area contributed by atoms with Gasteiger partial charge in [-0.3, -0.25) is 0 Å². The quantitative estimate of drug-likeness (QED) is 0.491. The van der Waals surface area contributed by atoms with Crippen molar-refractivity contribution in [2.45, 2.75) is 20.3 Å². The largest absolute Gasteiger partial charge is 0.396 e. The predicted molar refractivity (Wildman–Crippen MR) is 48.5 cm³/mol. The molecule has 0 aliphatic heterocycles. The Labute approximate surface area is 67.5 Å². The van der Waals surface area contributed by atoms with Crippen LogP contribution in [-0.4, -0.2) is 23.2 Å². The average Bonchev–Trinajstić information content (AvgIpc) is 1.87. The lowest BCUT2D eigenvalue weighted by Gasteiger charge is -1.94. The second kappa shape index (κ2) is 7.16. The molecular weight excluding hydrogens is 144 g/mol. The molecule has 0 aromatic heterocycles. The van der Waals surface area contributed by atoms with Gasteiger partial charge in [-0.2, -0.15) is 11.8 Å². The summed E-state index contributed by atoms with van der Waals surface area (Å²) in [5, 5.41) is 8.45. The van der Waals surface area contributed by atoms with Crippen LogP contribution in [0.25, 0.3) is 0 Å². The molecule has 10 heavy (non-hydrogen) atoms. The molecule has 60 valence electrons. The summed E-state index contributed by atoms with van der Waals surface area (Å²) in [4.78, 5) is 0. The van der Waals surface area contributed by atoms with Crippen molar-refractivity contribution in [3.05, 3.63) is 11.6 Å². The van der Waals surface area contributed by atoms with Crippen molar-refractivity contribution in [2.24, 2.45) is 0 Å². The highest BCUT2D eigenvalue weighted by molar-refractivity contribution is 7.99. The van der Waals surface area contributed by atoms with E-state index < -0.39 is 0 Å². The Morgan fingerprint density at radius 1 is 1.50 bits per heavy atom. The summed E-state index contributed by atoms with van der Waals surface area (Å²) < 4.78 is 0. The summed E-state index contributed by atoms with van der Waals surface area (Å²) in [6.45, 7) is 4.53. The summed E-state index contributed by atoms with van der Waals surface area (Å²) in [5.41, 5.74) is 1.37. The minimum absolute atomic E-state index is 0.321. The Morgan fingerprint density at radius 3 is 2.70 bits per heavy atom. The summed E-state index contributed by atoms with van der Waals surface area (Å²) in [6.07, 6.45) is 3.13. The Morgan fingerprint density at radius 2 is 2.20 bits per heavy atom.